The van der Waals surface area contributed by atoms with E-state index < -0.39 is 11.4 Å². The van der Waals surface area contributed by atoms with E-state index in [2.05, 4.69) is 6.07 Å². The second kappa shape index (κ2) is 4.43. The van der Waals surface area contributed by atoms with E-state index in [-0.39, 0.29) is 16.3 Å². The number of carbonyl (C=O) groups excluding carboxylic acids is 1. The summed E-state index contributed by atoms with van der Waals surface area (Å²) in [5, 5.41) is 9.57. The molecule has 5 heteroatoms. The van der Waals surface area contributed by atoms with E-state index in [9.17, 15) is 14.7 Å². The number of ketones is 1. The minimum Gasteiger partial charge on any atom is -0.478 e. The van der Waals surface area contributed by atoms with Gasteiger partial charge in [-0.05, 0) is 42.4 Å². The Labute approximate surface area is 131 Å². The van der Waals surface area contributed by atoms with E-state index >= 15 is 0 Å². The molecule has 0 radical (unpaired) electrons. The van der Waals surface area contributed by atoms with Crippen LogP contribution in [0.4, 0.5) is 5.00 Å². The lowest BCUT2D eigenvalue weighted by Crippen LogP contribution is -2.37. The van der Waals surface area contributed by atoms with Crippen LogP contribution < -0.4 is 5.73 Å². The van der Waals surface area contributed by atoms with Gasteiger partial charge in [0.1, 0.15) is 5.00 Å². The van der Waals surface area contributed by atoms with Gasteiger partial charge in [-0.15, -0.1) is 11.3 Å². The number of hydrogen-bond acceptors (Lipinski definition) is 4. The first-order valence-corrected chi connectivity index (χ1v) is 8.14. The standard InChI is InChI=1S/C17H15NO3S/c18-15-12(16(20)21)10-6-8-17(14(19)13(10)22-15)7-5-9-3-1-2-4-11(9)17/h1-4H,5-8,18H2,(H,20,21). The van der Waals surface area contributed by atoms with Crippen molar-refractivity contribution in [2.24, 2.45) is 0 Å². The third kappa shape index (κ3) is 1.57. The molecule has 0 fully saturated rings. The van der Waals surface area contributed by atoms with Crippen LogP contribution in [0.15, 0.2) is 24.3 Å². The van der Waals surface area contributed by atoms with Gasteiger partial charge in [-0.25, -0.2) is 4.79 Å². The van der Waals surface area contributed by atoms with E-state index in [0.29, 0.717) is 23.3 Å². The topological polar surface area (TPSA) is 80.4 Å². The van der Waals surface area contributed by atoms with Gasteiger partial charge in [0.2, 0.25) is 0 Å². The summed E-state index contributed by atoms with van der Waals surface area (Å²) in [6.45, 7) is 0. The molecule has 1 heterocycles. The Hall–Kier alpha value is -2.14. The molecule has 22 heavy (non-hydrogen) atoms. The number of anilines is 1. The lowest BCUT2D eigenvalue weighted by molar-refractivity contribution is 0.0697. The van der Waals surface area contributed by atoms with Gasteiger partial charge in [0.25, 0.3) is 0 Å². The number of nitrogen functional groups attached to an aromatic ring is 1. The maximum atomic E-state index is 13.2. The first-order valence-electron chi connectivity index (χ1n) is 7.32. The Bertz CT molecular complexity index is 823. The van der Waals surface area contributed by atoms with Crippen LogP contribution in [0.5, 0.6) is 0 Å². The number of carbonyl (C=O) groups is 2. The van der Waals surface area contributed by atoms with Crippen LogP contribution >= 0.6 is 11.3 Å². The molecule has 0 amide bonds. The third-order valence-corrected chi connectivity index (χ3v) is 6.10. The van der Waals surface area contributed by atoms with Crippen molar-refractivity contribution in [1.29, 1.82) is 0 Å². The highest BCUT2D eigenvalue weighted by Gasteiger charge is 2.49. The van der Waals surface area contributed by atoms with Crippen molar-refractivity contribution in [2.45, 2.75) is 31.1 Å². The minimum atomic E-state index is -1.04. The van der Waals surface area contributed by atoms with Crippen molar-refractivity contribution >= 4 is 28.1 Å². The number of Topliss-reactive ketones (excluding diaryl/α,β-unsaturated/α-hetero) is 1. The fourth-order valence-corrected chi connectivity index (χ4v) is 5.14. The summed E-state index contributed by atoms with van der Waals surface area (Å²) in [6.07, 6.45) is 2.99. The SMILES string of the molecule is Nc1sc2c(c1C(=O)O)CCC1(CCc3ccccc31)C2=O. The average molecular weight is 313 g/mol. The van der Waals surface area contributed by atoms with Crippen molar-refractivity contribution in [3.8, 4) is 0 Å². The average Bonchev–Trinajstić information content (AvgIpc) is 3.03. The van der Waals surface area contributed by atoms with Gasteiger partial charge in [-0.1, -0.05) is 24.3 Å². The molecule has 1 spiro atoms. The second-order valence-corrected chi connectivity index (χ2v) is 7.07. The van der Waals surface area contributed by atoms with E-state index in [0.717, 1.165) is 29.7 Å². The highest BCUT2D eigenvalue weighted by molar-refractivity contribution is 7.18. The first kappa shape index (κ1) is 13.5. The predicted molar refractivity (Wildman–Crippen MR) is 84.8 cm³/mol. The maximum Gasteiger partial charge on any atom is 0.338 e. The van der Waals surface area contributed by atoms with E-state index in [1.54, 1.807) is 0 Å². The lowest BCUT2D eigenvalue weighted by atomic mass is 9.69. The zero-order valence-electron chi connectivity index (χ0n) is 11.9. The minimum absolute atomic E-state index is 0.0582. The Morgan fingerprint density at radius 3 is 2.73 bits per heavy atom. The molecule has 1 aromatic heterocycles. The molecule has 1 aromatic carbocycles. The summed E-state index contributed by atoms with van der Waals surface area (Å²) >= 11 is 1.14. The van der Waals surface area contributed by atoms with Crippen LogP contribution in [0.25, 0.3) is 0 Å². The summed E-state index contributed by atoms with van der Waals surface area (Å²) < 4.78 is 0. The third-order valence-electron chi connectivity index (χ3n) is 5.04. The van der Waals surface area contributed by atoms with Gasteiger partial charge >= 0.3 is 5.97 Å². The summed E-state index contributed by atoms with van der Waals surface area (Å²) in [4.78, 5) is 25.1. The summed E-state index contributed by atoms with van der Waals surface area (Å²) in [5.41, 5.74) is 8.50. The predicted octanol–water partition coefficient (Wildman–Crippen LogP) is 3.04. The molecule has 4 nitrogen and oxygen atoms in total. The number of thiophene rings is 1. The number of nitrogens with two attached hydrogens (primary N) is 1. The number of aromatic carboxylic acids is 1. The zero-order valence-corrected chi connectivity index (χ0v) is 12.7. The number of fused-ring (bicyclic) bond motifs is 3. The molecular formula is C17H15NO3S. The molecule has 1 unspecified atom stereocenters. The number of benzene rings is 1. The van der Waals surface area contributed by atoms with Crippen molar-refractivity contribution in [2.75, 3.05) is 5.73 Å². The van der Waals surface area contributed by atoms with Crippen LogP contribution in [0.3, 0.4) is 0 Å². The van der Waals surface area contributed by atoms with Crippen LogP contribution in [-0.2, 0) is 18.3 Å². The van der Waals surface area contributed by atoms with Crippen LogP contribution in [0, 0.1) is 0 Å². The lowest BCUT2D eigenvalue weighted by Gasteiger charge is -2.32. The van der Waals surface area contributed by atoms with Gasteiger partial charge in [0.05, 0.1) is 15.9 Å². The fourth-order valence-electron chi connectivity index (χ4n) is 3.99. The largest absolute Gasteiger partial charge is 0.478 e. The highest BCUT2D eigenvalue weighted by atomic mass is 32.1. The summed E-state index contributed by atoms with van der Waals surface area (Å²) in [5.74, 6) is -0.978. The van der Waals surface area contributed by atoms with Gasteiger partial charge in [-0.3, -0.25) is 4.79 Å². The Balaban J connectivity index is 1.88. The highest BCUT2D eigenvalue weighted by Crippen LogP contribution is 2.50. The molecule has 0 aliphatic heterocycles. The molecular weight excluding hydrogens is 298 g/mol. The summed E-state index contributed by atoms with van der Waals surface area (Å²) in [6, 6.07) is 8.10. The molecule has 0 saturated carbocycles. The van der Waals surface area contributed by atoms with Crippen LogP contribution in [0.1, 0.15) is 49.6 Å². The zero-order chi connectivity index (χ0) is 15.5. The fraction of sp³-hybridized carbons (Fsp3) is 0.294. The van der Waals surface area contributed by atoms with Crippen LogP contribution in [-0.4, -0.2) is 16.9 Å². The Morgan fingerprint density at radius 1 is 1.23 bits per heavy atom. The molecule has 2 aliphatic rings. The first-order chi connectivity index (χ1) is 10.5. The molecule has 112 valence electrons. The van der Waals surface area contributed by atoms with Gasteiger partial charge in [-0.2, -0.15) is 0 Å². The smallest absolute Gasteiger partial charge is 0.338 e. The molecule has 1 atom stereocenters. The Kier molecular flexibility index (Phi) is 2.72. The van der Waals surface area contributed by atoms with E-state index in [1.165, 1.54) is 5.56 Å². The number of rotatable bonds is 1. The molecule has 2 aromatic rings. The van der Waals surface area contributed by atoms with Crippen molar-refractivity contribution in [3.63, 3.8) is 0 Å². The quantitative estimate of drug-likeness (QED) is 0.848. The van der Waals surface area contributed by atoms with Crippen LogP contribution in [0.2, 0.25) is 0 Å². The van der Waals surface area contributed by atoms with Gasteiger partial charge in [0, 0.05) is 0 Å². The van der Waals surface area contributed by atoms with Crippen molar-refractivity contribution in [3.05, 3.63) is 51.4 Å². The number of aryl methyl sites for hydroxylation is 1. The van der Waals surface area contributed by atoms with Crippen molar-refractivity contribution < 1.29 is 14.7 Å². The van der Waals surface area contributed by atoms with E-state index in [1.807, 2.05) is 18.2 Å². The normalized spacial score (nSPS) is 22.6. The number of carboxylic acids is 1. The number of carboxylic acid groups (broad SMARTS) is 1. The molecule has 3 N–H and O–H groups in total. The monoisotopic (exact) mass is 313 g/mol. The maximum absolute atomic E-state index is 13.2. The van der Waals surface area contributed by atoms with E-state index in [4.69, 9.17) is 5.73 Å². The van der Waals surface area contributed by atoms with Gasteiger partial charge in [0.15, 0.2) is 5.78 Å². The Morgan fingerprint density at radius 2 is 1.95 bits per heavy atom. The van der Waals surface area contributed by atoms with Crippen molar-refractivity contribution in [1.82, 2.24) is 0 Å². The molecule has 2 aliphatic carbocycles. The molecule has 0 bridgehead atoms. The molecule has 4 rings (SSSR count). The molecule has 0 saturated heterocycles. The summed E-state index contributed by atoms with van der Waals surface area (Å²) in [7, 11) is 0. The van der Waals surface area contributed by atoms with Gasteiger partial charge < -0.3 is 10.8 Å². The number of hydrogen-bond donors (Lipinski definition) is 2. The second-order valence-electron chi connectivity index (χ2n) is 6.02.